The van der Waals surface area contributed by atoms with Crippen molar-refractivity contribution in [3.05, 3.63) is 222 Å². The van der Waals surface area contributed by atoms with E-state index < -0.39 is 5.41 Å². The molecule has 1 heterocycles. The van der Waals surface area contributed by atoms with Gasteiger partial charge in [-0.05, 0) is 93.0 Å². The molecular weight excluding hydrogens is 619 g/mol. The first-order chi connectivity index (χ1) is 25.3. The van der Waals surface area contributed by atoms with Gasteiger partial charge in [-0.25, -0.2) is 0 Å². The van der Waals surface area contributed by atoms with Gasteiger partial charge in [0, 0.05) is 28.2 Å². The van der Waals surface area contributed by atoms with Crippen LogP contribution in [0.3, 0.4) is 0 Å². The lowest BCUT2D eigenvalue weighted by molar-refractivity contribution is 0.436. The highest BCUT2D eigenvalue weighted by Gasteiger charge is 2.51. The second-order valence-corrected chi connectivity index (χ2v) is 13.3. The predicted molar refractivity (Wildman–Crippen MR) is 209 cm³/mol. The first-order valence-corrected chi connectivity index (χ1v) is 17.5. The van der Waals surface area contributed by atoms with Crippen molar-refractivity contribution in [2.24, 2.45) is 0 Å². The van der Waals surface area contributed by atoms with E-state index in [9.17, 15) is 0 Å². The summed E-state index contributed by atoms with van der Waals surface area (Å²) in [6.45, 7) is 0. The first-order valence-electron chi connectivity index (χ1n) is 17.5. The Kier molecular flexibility index (Phi) is 6.75. The van der Waals surface area contributed by atoms with E-state index in [0.29, 0.717) is 0 Å². The van der Waals surface area contributed by atoms with E-state index in [1.165, 1.54) is 44.5 Å². The summed E-state index contributed by atoms with van der Waals surface area (Å²) in [5.41, 5.74) is 14.8. The van der Waals surface area contributed by atoms with Crippen LogP contribution in [-0.2, 0) is 5.41 Å². The number of rotatable bonds is 5. The monoisotopic (exact) mass is 651 g/mol. The number of anilines is 3. The Morgan fingerprint density at radius 3 is 1.61 bits per heavy atom. The molecule has 1 unspecified atom stereocenters. The maximum absolute atomic E-state index is 6.77. The molecule has 0 N–H and O–H groups in total. The summed E-state index contributed by atoms with van der Waals surface area (Å²) in [7, 11) is 0. The zero-order valence-electron chi connectivity index (χ0n) is 27.9. The molecule has 240 valence electrons. The van der Waals surface area contributed by atoms with Gasteiger partial charge in [0.1, 0.15) is 11.5 Å². The predicted octanol–water partition coefficient (Wildman–Crippen LogP) is 13.0. The molecule has 2 heteroatoms. The van der Waals surface area contributed by atoms with Crippen molar-refractivity contribution < 1.29 is 4.74 Å². The molecule has 10 rings (SSSR count). The maximum atomic E-state index is 6.77. The first kappa shape index (κ1) is 29.3. The molecule has 0 radical (unpaired) electrons. The van der Waals surface area contributed by atoms with E-state index in [1.807, 2.05) is 0 Å². The average Bonchev–Trinajstić information content (AvgIpc) is 3.49. The van der Waals surface area contributed by atoms with Crippen LogP contribution in [0.1, 0.15) is 22.3 Å². The molecule has 0 amide bonds. The molecule has 8 aromatic carbocycles. The summed E-state index contributed by atoms with van der Waals surface area (Å²) in [6, 6.07) is 72.0. The molecule has 1 atom stereocenters. The van der Waals surface area contributed by atoms with Crippen LogP contribution in [0.2, 0.25) is 0 Å². The third-order valence-electron chi connectivity index (χ3n) is 10.5. The van der Waals surface area contributed by atoms with Gasteiger partial charge in [-0.3, -0.25) is 0 Å². The van der Waals surface area contributed by atoms with Gasteiger partial charge in [0.15, 0.2) is 0 Å². The molecule has 51 heavy (non-hydrogen) atoms. The second kappa shape index (κ2) is 11.8. The van der Waals surface area contributed by atoms with Crippen LogP contribution in [0.25, 0.3) is 33.4 Å². The van der Waals surface area contributed by atoms with Crippen LogP contribution in [-0.4, -0.2) is 0 Å². The van der Waals surface area contributed by atoms with E-state index in [0.717, 1.165) is 39.7 Å². The van der Waals surface area contributed by atoms with Crippen LogP contribution in [0.5, 0.6) is 11.5 Å². The molecule has 0 saturated heterocycles. The Balaban J connectivity index is 1.20. The van der Waals surface area contributed by atoms with Gasteiger partial charge in [-0.2, -0.15) is 0 Å². The Labute approximate surface area is 298 Å². The normalized spacial score (nSPS) is 14.9. The number of ether oxygens (including phenoxy) is 1. The Morgan fingerprint density at radius 2 is 0.843 bits per heavy atom. The number of fused-ring (bicyclic) bond motifs is 9. The standard InChI is InChI=1S/C49H33NO/c1-4-15-34(16-5-1)36-19-14-22-39(31-36)50(38-20-8-3-9-21-38)40-28-30-44-42(33-40)41-23-10-11-24-43(41)49(44)45-25-12-13-26-47(45)51-48-32-37(27-29-46(48)49)35-17-6-2-7-18-35/h1-33H. The highest BCUT2D eigenvalue weighted by Crippen LogP contribution is 2.62. The second-order valence-electron chi connectivity index (χ2n) is 13.3. The lowest BCUT2D eigenvalue weighted by Crippen LogP contribution is -2.32. The van der Waals surface area contributed by atoms with Crippen LogP contribution >= 0.6 is 0 Å². The summed E-state index contributed by atoms with van der Waals surface area (Å²) in [4.78, 5) is 2.37. The molecule has 2 aliphatic rings. The summed E-state index contributed by atoms with van der Waals surface area (Å²) in [5.74, 6) is 1.79. The fourth-order valence-electron chi connectivity index (χ4n) is 8.33. The minimum absolute atomic E-state index is 0.533. The van der Waals surface area contributed by atoms with Gasteiger partial charge in [0.05, 0.1) is 5.41 Å². The van der Waals surface area contributed by atoms with Crippen LogP contribution in [0, 0.1) is 0 Å². The van der Waals surface area contributed by atoms with E-state index in [2.05, 4.69) is 205 Å². The van der Waals surface area contributed by atoms with E-state index in [-0.39, 0.29) is 0 Å². The largest absolute Gasteiger partial charge is 0.457 e. The minimum Gasteiger partial charge on any atom is -0.457 e. The molecule has 2 nitrogen and oxygen atoms in total. The van der Waals surface area contributed by atoms with Crippen molar-refractivity contribution in [2.45, 2.75) is 5.41 Å². The number of nitrogens with zero attached hydrogens (tertiary/aromatic N) is 1. The van der Waals surface area contributed by atoms with Crippen LogP contribution in [0.15, 0.2) is 200 Å². The fraction of sp³-hybridized carbons (Fsp3) is 0.0204. The summed E-state index contributed by atoms with van der Waals surface area (Å²) >= 11 is 0. The maximum Gasteiger partial charge on any atom is 0.132 e. The lowest BCUT2D eigenvalue weighted by atomic mass is 9.66. The van der Waals surface area contributed by atoms with Crippen molar-refractivity contribution in [1.82, 2.24) is 0 Å². The molecule has 0 aromatic heterocycles. The van der Waals surface area contributed by atoms with Crippen LogP contribution in [0.4, 0.5) is 17.1 Å². The SMILES string of the molecule is c1ccc(-c2cccc(N(c3ccccc3)c3ccc4c(c3)-c3ccccc3C43c4ccccc4Oc4cc(-c5ccccc5)ccc43)c2)cc1. The zero-order chi connectivity index (χ0) is 33.8. The van der Waals surface area contributed by atoms with Crippen molar-refractivity contribution in [3.63, 3.8) is 0 Å². The minimum atomic E-state index is -0.533. The quantitative estimate of drug-likeness (QED) is 0.184. The summed E-state index contributed by atoms with van der Waals surface area (Å²) < 4.78 is 6.77. The molecule has 1 aliphatic heterocycles. The molecule has 0 saturated carbocycles. The van der Waals surface area contributed by atoms with Gasteiger partial charge in [0.25, 0.3) is 0 Å². The number of benzene rings is 8. The third-order valence-corrected chi connectivity index (χ3v) is 10.5. The highest BCUT2D eigenvalue weighted by molar-refractivity contribution is 5.92. The van der Waals surface area contributed by atoms with Crippen molar-refractivity contribution in [1.29, 1.82) is 0 Å². The van der Waals surface area contributed by atoms with Gasteiger partial charge < -0.3 is 9.64 Å². The van der Waals surface area contributed by atoms with Crippen molar-refractivity contribution in [2.75, 3.05) is 4.90 Å². The fourth-order valence-corrected chi connectivity index (χ4v) is 8.33. The van der Waals surface area contributed by atoms with E-state index >= 15 is 0 Å². The zero-order valence-corrected chi connectivity index (χ0v) is 27.9. The van der Waals surface area contributed by atoms with Gasteiger partial charge in [0.2, 0.25) is 0 Å². The van der Waals surface area contributed by atoms with Gasteiger partial charge in [-0.15, -0.1) is 0 Å². The molecule has 1 aliphatic carbocycles. The molecule has 1 spiro atoms. The number of hydrogen-bond acceptors (Lipinski definition) is 2. The lowest BCUT2D eigenvalue weighted by Gasteiger charge is -2.39. The Bertz CT molecular complexity index is 2560. The molecule has 0 fully saturated rings. The average molecular weight is 652 g/mol. The van der Waals surface area contributed by atoms with E-state index in [1.54, 1.807) is 0 Å². The summed E-state index contributed by atoms with van der Waals surface area (Å²) in [6.07, 6.45) is 0. The summed E-state index contributed by atoms with van der Waals surface area (Å²) in [5, 5.41) is 0. The third kappa shape index (κ3) is 4.57. The Hall–Kier alpha value is -6.64. The number of hydrogen-bond donors (Lipinski definition) is 0. The van der Waals surface area contributed by atoms with Gasteiger partial charge >= 0.3 is 0 Å². The highest BCUT2D eigenvalue weighted by atomic mass is 16.5. The van der Waals surface area contributed by atoms with Gasteiger partial charge in [-0.1, -0.05) is 152 Å². The smallest absolute Gasteiger partial charge is 0.132 e. The Morgan fingerprint density at radius 1 is 0.314 bits per heavy atom. The van der Waals surface area contributed by atoms with Crippen LogP contribution < -0.4 is 9.64 Å². The molecule has 0 bridgehead atoms. The van der Waals surface area contributed by atoms with Crippen molar-refractivity contribution in [3.8, 4) is 44.9 Å². The van der Waals surface area contributed by atoms with Crippen molar-refractivity contribution >= 4 is 17.1 Å². The molecule has 8 aromatic rings. The topological polar surface area (TPSA) is 12.5 Å². The van der Waals surface area contributed by atoms with E-state index in [4.69, 9.17) is 4.74 Å². The number of para-hydroxylation sites is 2. The molecular formula is C49H33NO.